The molecule has 2 heterocycles. The molecule has 0 amide bonds. The zero-order chi connectivity index (χ0) is 37.7. The van der Waals surface area contributed by atoms with Crippen molar-refractivity contribution in [1.82, 2.24) is 15.0 Å². The van der Waals surface area contributed by atoms with Crippen molar-refractivity contribution in [3.8, 4) is 67.5 Å². The minimum atomic E-state index is 0.552. The average molecular weight is 728 g/mol. The van der Waals surface area contributed by atoms with Crippen molar-refractivity contribution in [3.63, 3.8) is 0 Å². The normalized spacial score (nSPS) is 11.5. The highest BCUT2D eigenvalue weighted by Crippen LogP contribution is 2.43. The summed E-state index contributed by atoms with van der Waals surface area (Å²) in [5.74, 6) is 1.75. The molecule has 0 aliphatic rings. The molecular formula is C53H33N3O. The smallest absolute Gasteiger partial charge is 0.167 e. The first-order valence-corrected chi connectivity index (χ1v) is 19.2. The highest BCUT2D eigenvalue weighted by atomic mass is 16.3. The number of fused-ring (bicyclic) bond motifs is 5. The van der Waals surface area contributed by atoms with Gasteiger partial charge in [-0.2, -0.15) is 0 Å². The van der Waals surface area contributed by atoms with Gasteiger partial charge in [-0.3, -0.25) is 0 Å². The molecule has 0 bridgehead atoms. The number of aromatic nitrogens is 3. The van der Waals surface area contributed by atoms with Gasteiger partial charge in [0.25, 0.3) is 0 Å². The summed E-state index contributed by atoms with van der Waals surface area (Å²) < 4.78 is 6.91. The lowest BCUT2D eigenvalue weighted by Gasteiger charge is -2.12. The highest BCUT2D eigenvalue weighted by Gasteiger charge is 2.21. The first kappa shape index (κ1) is 32.7. The number of hydrogen-bond acceptors (Lipinski definition) is 4. The van der Waals surface area contributed by atoms with E-state index in [1.165, 1.54) is 16.3 Å². The van der Waals surface area contributed by atoms with Crippen LogP contribution >= 0.6 is 0 Å². The first-order chi connectivity index (χ1) is 28.2. The molecule has 9 aromatic carbocycles. The van der Waals surface area contributed by atoms with Gasteiger partial charge < -0.3 is 4.42 Å². The van der Waals surface area contributed by atoms with Gasteiger partial charge in [0.2, 0.25) is 0 Å². The molecule has 4 heteroatoms. The van der Waals surface area contributed by atoms with Crippen LogP contribution in [0.1, 0.15) is 0 Å². The summed E-state index contributed by atoms with van der Waals surface area (Å²) in [6.07, 6.45) is 0. The molecule has 0 aliphatic heterocycles. The van der Waals surface area contributed by atoms with Gasteiger partial charge in [0.1, 0.15) is 11.2 Å². The molecule has 0 atom stereocenters. The molecule has 0 saturated heterocycles. The Hall–Kier alpha value is -7.69. The lowest BCUT2D eigenvalue weighted by Crippen LogP contribution is -2.00. The average Bonchev–Trinajstić information content (AvgIpc) is 3.66. The van der Waals surface area contributed by atoms with E-state index in [4.69, 9.17) is 19.4 Å². The van der Waals surface area contributed by atoms with E-state index >= 15 is 0 Å². The van der Waals surface area contributed by atoms with E-state index in [9.17, 15) is 0 Å². The summed E-state index contributed by atoms with van der Waals surface area (Å²) in [4.78, 5) is 15.4. The van der Waals surface area contributed by atoms with Crippen LogP contribution in [0.4, 0.5) is 0 Å². The lowest BCUT2D eigenvalue weighted by molar-refractivity contribution is 0.670. The Kier molecular flexibility index (Phi) is 7.78. The van der Waals surface area contributed by atoms with Crippen molar-refractivity contribution in [2.45, 2.75) is 0 Å². The SMILES string of the molecule is c1ccc(-c2cccc(-c3ccc(-c4nc(-c5ccccc5)nc(-c5ccc(-c6ccc7ccccc7c6)cc5)n4)c4oc5cc6ccccc6cc5c34)c2)cc1. The van der Waals surface area contributed by atoms with Crippen molar-refractivity contribution in [2.75, 3.05) is 0 Å². The summed E-state index contributed by atoms with van der Waals surface area (Å²) in [7, 11) is 0. The fourth-order valence-corrected chi connectivity index (χ4v) is 8.00. The Balaban J connectivity index is 1.10. The fourth-order valence-electron chi connectivity index (χ4n) is 8.00. The molecule has 11 rings (SSSR count). The predicted octanol–water partition coefficient (Wildman–Crippen LogP) is 14.1. The molecule has 4 nitrogen and oxygen atoms in total. The third-order valence-electron chi connectivity index (χ3n) is 10.9. The molecule has 0 spiro atoms. The zero-order valence-corrected chi connectivity index (χ0v) is 30.8. The molecule has 0 aliphatic carbocycles. The topological polar surface area (TPSA) is 51.8 Å². The van der Waals surface area contributed by atoms with Crippen molar-refractivity contribution in [1.29, 1.82) is 0 Å². The van der Waals surface area contributed by atoms with Crippen LogP contribution in [0, 0.1) is 0 Å². The van der Waals surface area contributed by atoms with Gasteiger partial charge in [-0.25, -0.2) is 15.0 Å². The highest BCUT2D eigenvalue weighted by molar-refractivity contribution is 6.18. The quantitative estimate of drug-likeness (QED) is 0.171. The van der Waals surface area contributed by atoms with Crippen molar-refractivity contribution in [3.05, 3.63) is 200 Å². The standard InChI is InChI=1S/C53H33N3O/c1-3-12-34(13-4-1)40-20-11-21-44(31-40)45-28-29-46(50-49(45)47-32-41-18-9-10-19-42(41)33-48(47)57-50)53-55-51(37-15-5-2-6-16-37)54-52(56-53)38-25-22-36(23-26-38)43-27-24-35-14-7-8-17-39(35)30-43/h1-33H. The van der Waals surface area contributed by atoms with Crippen LogP contribution in [0.5, 0.6) is 0 Å². The Bertz CT molecular complexity index is 3280. The molecule has 0 saturated carbocycles. The molecule has 266 valence electrons. The fraction of sp³-hybridized carbons (Fsp3) is 0. The van der Waals surface area contributed by atoms with Gasteiger partial charge in [-0.15, -0.1) is 0 Å². The zero-order valence-electron chi connectivity index (χ0n) is 30.8. The maximum Gasteiger partial charge on any atom is 0.167 e. The summed E-state index contributed by atoms with van der Waals surface area (Å²) >= 11 is 0. The Labute approximate surface area is 329 Å². The van der Waals surface area contributed by atoms with Gasteiger partial charge in [0.15, 0.2) is 17.5 Å². The number of hydrogen-bond donors (Lipinski definition) is 0. The van der Waals surface area contributed by atoms with Crippen LogP contribution in [0.15, 0.2) is 205 Å². The van der Waals surface area contributed by atoms with Crippen molar-refractivity contribution >= 4 is 43.5 Å². The first-order valence-electron chi connectivity index (χ1n) is 19.2. The largest absolute Gasteiger partial charge is 0.455 e. The van der Waals surface area contributed by atoms with Crippen LogP contribution in [0.3, 0.4) is 0 Å². The van der Waals surface area contributed by atoms with Gasteiger partial charge >= 0.3 is 0 Å². The Morgan fingerprint density at radius 3 is 1.53 bits per heavy atom. The third-order valence-corrected chi connectivity index (χ3v) is 10.9. The van der Waals surface area contributed by atoms with Crippen LogP contribution in [-0.2, 0) is 0 Å². The second-order valence-electron chi connectivity index (χ2n) is 14.4. The van der Waals surface area contributed by atoms with Gasteiger partial charge in [-0.1, -0.05) is 170 Å². The van der Waals surface area contributed by atoms with Gasteiger partial charge in [-0.05, 0) is 85.3 Å². The van der Waals surface area contributed by atoms with Crippen LogP contribution in [0.25, 0.3) is 111 Å². The van der Waals surface area contributed by atoms with Crippen molar-refractivity contribution < 1.29 is 4.42 Å². The molecular weight excluding hydrogens is 695 g/mol. The number of furan rings is 1. The van der Waals surface area contributed by atoms with E-state index in [0.29, 0.717) is 17.5 Å². The summed E-state index contributed by atoms with van der Waals surface area (Å²) in [5.41, 5.74) is 11.0. The summed E-state index contributed by atoms with van der Waals surface area (Å²) in [6.45, 7) is 0. The predicted molar refractivity (Wildman–Crippen MR) is 235 cm³/mol. The van der Waals surface area contributed by atoms with Crippen LogP contribution in [0.2, 0.25) is 0 Å². The molecule has 2 aromatic heterocycles. The summed E-state index contributed by atoms with van der Waals surface area (Å²) in [6, 6.07) is 70.0. The molecule has 0 unspecified atom stereocenters. The molecule has 0 N–H and O–H groups in total. The second-order valence-corrected chi connectivity index (χ2v) is 14.4. The van der Waals surface area contributed by atoms with Crippen LogP contribution in [-0.4, -0.2) is 15.0 Å². The van der Waals surface area contributed by atoms with Gasteiger partial charge in [0.05, 0.1) is 5.56 Å². The molecule has 0 fully saturated rings. The van der Waals surface area contributed by atoms with Gasteiger partial charge in [0, 0.05) is 21.9 Å². The van der Waals surface area contributed by atoms with E-state index in [-0.39, 0.29) is 0 Å². The van der Waals surface area contributed by atoms with E-state index < -0.39 is 0 Å². The minimum Gasteiger partial charge on any atom is -0.455 e. The minimum absolute atomic E-state index is 0.552. The number of rotatable bonds is 6. The maximum atomic E-state index is 6.91. The Morgan fingerprint density at radius 1 is 0.298 bits per heavy atom. The Morgan fingerprint density at radius 2 is 0.789 bits per heavy atom. The molecule has 11 aromatic rings. The second kappa shape index (κ2) is 13.6. The van der Waals surface area contributed by atoms with E-state index in [2.05, 4.69) is 170 Å². The molecule has 0 radical (unpaired) electrons. The molecule has 57 heavy (non-hydrogen) atoms. The maximum absolute atomic E-state index is 6.91. The lowest BCUT2D eigenvalue weighted by atomic mass is 9.94. The third kappa shape index (κ3) is 5.92. The summed E-state index contributed by atoms with van der Waals surface area (Å²) in [5, 5.41) is 6.80. The van der Waals surface area contributed by atoms with Crippen LogP contribution < -0.4 is 0 Å². The van der Waals surface area contributed by atoms with Crippen molar-refractivity contribution in [2.24, 2.45) is 0 Å². The van der Waals surface area contributed by atoms with E-state index in [1.807, 2.05) is 30.3 Å². The number of benzene rings is 9. The van der Waals surface area contributed by atoms with E-state index in [1.54, 1.807) is 0 Å². The monoisotopic (exact) mass is 727 g/mol. The van der Waals surface area contributed by atoms with E-state index in [0.717, 1.165) is 77.2 Å². The number of nitrogens with zero attached hydrogens (tertiary/aromatic N) is 3.